The highest BCUT2D eigenvalue weighted by atomic mass is 32.2. The Morgan fingerprint density at radius 2 is 1.71 bits per heavy atom. The average molecular weight is 813 g/mol. The van der Waals surface area contributed by atoms with Gasteiger partial charge in [0.05, 0.1) is 27.6 Å². The second-order valence-corrected chi connectivity index (χ2v) is 17.2. The number of pyridine rings is 1. The van der Waals surface area contributed by atoms with Crippen molar-refractivity contribution >= 4 is 44.0 Å². The Hall–Kier alpha value is -6.25. The van der Waals surface area contributed by atoms with Gasteiger partial charge in [0.2, 0.25) is 0 Å². The molecule has 14 heteroatoms. The van der Waals surface area contributed by atoms with Gasteiger partial charge in [0.1, 0.15) is 22.8 Å². The van der Waals surface area contributed by atoms with Crippen molar-refractivity contribution in [1.82, 2.24) is 14.7 Å². The molecule has 1 aliphatic carbocycles. The van der Waals surface area contributed by atoms with Gasteiger partial charge in [-0.3, -0.25) is 14.9 Å². The standard InChI is InChI=1S/C45H44N6O7S/c52-45(49-59(55,56)38-13-15-40(42(26-38)51(53)54)47-27-29-17-21-57-22-18-29)39-14-10-33(25-43(39)58-37-24-35-16-19-46-44(35)48-28-37)31-8-11-36(12-9-31)50-20-2-5-41(50)34-4-1-3-32(23-34)30-6-7-30/h1,3-4,8-16,19,23-26,28-30,41,47H,2,5-7,17-18,20-22,27H2,(H,46,48)(H,49,52). The number of aromatic amines is 1. The average Bonchev–Trinajstić information content (AvgIpc) is 3.80. The summed E-state index contributed by atoms with van der Waals surface area (Å²) in [5.41, 5.74) is 5.92. The first kappa shape index (κ1) is 38.3. The van der Waals surface area contributed by atoms with E-state index in [1.165, 1.54) is 48.4 Å². The number of benzene rings is 4. The molecule has 3 aliphatic rings. The third-order valence-electron chi connectivity index (χ3n) is 11.6. The molecule has 4 heterocycles. The van der Waals surface area contributed by atoms with E-state index in [-0.39, 0.29) is 22.9 Å². The van der Waals surface area contributed by atoms with Crippen molar-refractivity contribution in [2.45, 2.75) is 55.4 Å². The number of nitro benzene ring substituents is 1. The molecule has 9 rings (SSSR count). The molecule has 59 heavy (non-hydrogen) atoms. The van der Waals surface area contributed by atoms with Crippen molar-refractivity contribution in [2.75, 3.05) is 36.5 Å². The number of nitro groups is 1. The number of nitrogens with one attached hydrogen (secondary N) is 3. The van der Waals surface area contributed by atoms with Crippen LogP contribution in [0.25, 0.3) is 22.2 Å². The van der Waals surface area contributed by atoms with E-state index >= 15 is 0 Å². The Bertz CT molecular complexity index is 2640. The normalized spacial score (nSPS) is 17.2. The van der Waals surface area contributed by atoms with Crippen LogP contribution < -0.4 is 19.7 Å². The molecule has 3 fully saturated rings. The van der Waals surface area contributed by atoms with Crippen LogP contribution in [0.2, 0.25) is 0 Å². The molecule has 13 nitrogen and oxygen atoms in total. The van der Waals surface area contributed by atoms with Crippen LogP contribution in [0.4, 0.5) is 17.1 Å². The Balaban J connectivity index is 0.974. The molecular formula is C45H44N6O7S. The predicted molar refractivity (Wildman–Crippen MR) is 226 cm³/mol. The molecule has 2 saturated heterocycles. The number of anilines is 2. The minimum absolute atomic E-state index is 0.0549. The Morgan fingerprint density at radius 3 is 2.51 bits per heavy atom. The van der Waals surface area contributed by atoms with Gasteiger partial charge in [0, 0.05) is 49.6 Å². The molecule has 1 amide bonds. The zero-order chi connectivity index (χ0) is 40.5. The van der Waals surface area contributed by atoms with Crippen molar-refractivity contribution in [3.05, 3.63) is 136 Å². The fourth-order valence-corrected chi connectivity index (χ4v) is 9.19. The molecule has 1 unspecified atom stereocenters. The number of H-pyrrole nitrogens is 1. The maximum absolute atomic E-state index is 13.9. The van der Waals surface area contributed by atoms with Crippen LogP contribution in [-0.4, -0.2) is 55.5 Å². The Morgan fingerprint density at radius 1 is 0.915 bits per heavy atom. The van der Waals surface area contributed by atoms with E-state index in [9.17, 15) is 23.3 Å². The molecule has 1 saturated carbocycles. The van der Waals surface area contributed by atoms with Gasteiger partial charge in [0.15, 0.2) is 0 Å². The number of aromatic nitrogens is 2. The molecule has 2 aromatic heterocycles. The first-order valence-electron chi connectivity index (χ1n) is 20.1. The van der Waals surface area contributed by atoms with E-state index in [1.807, 2.05) is 18.2 Å². The molecule has 2 aliphatic heterocycles. The summed E-state index contributed by atoms with van der Waals surface area (Å²) in [6.45, 7) is 2.70. The van der Waals surface area contributed by atoms with Crippen molar-refractivity contribution < 1.29 is 27.6 Å². The smallest absolute Gasteiger partial charge is 0.293 e. The summed E-state index contributed by atoms with van der Waals surface area (Å²) < 4.78 is 41.1. The third-order valence-corrected chi connectivity index (χ3v) is 12.9. The fourth-order valence-electron chi connectivity index (χ4n) is 8.20. The van der Waals surface area contributed by atoms with Gasteiger partial charge in [-0.2, -0.15) is 0 Å². The van der Waals surface area contributed by atoms with Crippen LogP contribution in [-0.2, 0) is 14.8 Å². The van der Waals surface area contributed by atoms with E-state index in [0.717, 1.165) is 60.5 Å². The van der Waals surface area contributed by atoms with Crippen molar-refractivity contribution in [2.24, 2.45) is 5.92 Å². The van der Waals surface area contributed by atoms with Gasteiger partial charge < -0.3 is 24.7 Å². The number of hydrogen-bond acceptors (Lipinski definition) is 10. The molecular weight excluding hydrogens is 769 g/mol. The predicted octanol–water partition coefficient (Wildman–Crippen LogP) is 9.11. The summed E-state index contributed by atoms with van der Waals surface area (Å²) in [5, 5.41) is 15.9. The second-order valence-electron chi connectivity index (χ2n) is 15.5. The zero-order valence-electron chi connectivity index (χ0n) is 32.3. The highest BCUT2D eigenvalue weighted by molar-refractivity contribution is 7.90. The number of amides is 1. The summed E-state index contributed by atoms with van der Waals surface area (Å²) in [6, 6.07) is 29.8. The minimum atomic E-state index is -4.56. The fraction of sp³-hybridized carbons (Fsp3) is 0.289. The second kappa shape index (κ2) is 16.2. The van der Waals surface area contributed by atoms with E-state index in [2.05, 4.69) is 61.3 Å². The molecule has 0 bridgehead atoms. The van der Waals surface area contributed by atoms with Crippen molar-refractivity contribution in [3.8, 4) is 22.6 Å². The summed E-state index contributed by atoms with van der Waals surface area (Å²) in [6.07, 6.45) is 9.66. The number of fused-ring (bicyclic) bond motifs is 1. The summed E-state index contributed by atoms with van der Waals surface area (Å²) in [5.74, 6) is 0.449. The van der Waals surface area contributed by atoms with Gasteiger partial charge in [-0.25, -0.2) is 18.1 Å². The monoisotopic (exact) mass is 812 g/mol. The minimum Gasteiger partial charge on any atom is -0.455 e. The topological polar surface area (TPSA) is 169 Å². The Kier molecular flexibility index (Phi) is 10.5. The number of nitrogens with zero attached hydrogens (tertiary/aromatic N) is 3. The number of carbonyl (C=O) groups is 1. The van der Waals surface area contributed by atoms with Crippen LogP contribution in [0, 0.1) is 16.0 Å². The van der Waals surface area contributed by atoms with Gasteiger partial charge >= 0.3 is 0 Å². The highest BCUT2D eigenvalue weighted by Crippen LogP contribution is 2.43. The van der Waals surface area contributed by atoms with Crippen LogP contribution in [0.5, 0.6) is 11.5 Å². The number of carbonyl (C=O) groups excluding carboxylic acids is 1. The van der Waals surface area contributed by atoms with E-state index in [0.29, 0.717) is 43.1 Å². The number of ether oxygens (including phenoxy) is 2. The zero-order valence-corrected chi connectivity index (χ0v) is 33.1. The summed E-state index contributed by atoms with van der Waals surface area (Å²) in [4.78, 5) is 34.8. The van der Waals surface area contributed by atoms with Crippen molar-refractivity contribution in [1.29, 1.82) is 0 Å². The maximum atomic E-state index is 13.9. The van der Waals surface area contributed by atoms with E-state index < -0.39 is 31.4 Å². The lowest BCUT2D eigenvalue weighted by molar-refractivity contribution is -0.384. The number of sulfonamides is 1. The Labute approximate surface area is 342 Å². The maximum Gasteiger partial charge on any atom is 0.293 e. The highest BCUT2D eigenvalue weighted by Gasteiger charge is 2.30. The molecule has 302 valence electrons. The van der Waals surface area contributed by atoms with Crippen LogP contribution in [0.15, 0.2) is 114 Å². The molecule has 1 atom stereocenters. The van der Waals surface area contributed by atoms with Gasteiger partial charge in [-0.1, -0.05) is 42.5 Å². The summed E-state index contributed by atoms with van der Waals surface area (Å²) >= 11 is 0. The lowest BCUT2D eigenvalue weighted by Crippen LogP contribution is -2.31. The number of rotatable bonds is 13. The lowest BCUT2D eigenvalue weighted by atomic mass is 9.99. The van der Waals surface area contributed by atoms with Gasteiger partial charge in [-0.15, -0.1) is 0 Å². The van der Waals surface area contributed by atoms with Gasteiger partial charge in [0.25, 0.3) is 21.6 Å². The molecule has 0 radical (unpaired) electrons. The van der Waals surface area contributed by atoms with Gasteiger partial charge in [-0.05, 0) is 121 Å². The molecule has 6 aromatic rings. The number of hydrogen-bond donors (Lipinski definition) is 3. The van der Waals surface area contributed by atoms with E-state index in [4.69, 9.17) is 9.47 Å². The van der Waals surface area contributed by atoms with Crippen LogP contribution >= 0.6 is 0 Å². The van der Waals surface area contributed by atoms with E-state index in [1.54, 1.807) is 24.4 Å². The molecule has 4 aromatic carbocycles. The lowest BCUT2D eigenvalue weighted by Gasteiger charge is -2.28. The SMILES string of the molecule is O=C(NS(=O)(=O)c1ccc(NCC2CCOCC2)c([N+](=O)[O-])c1)c1ccc(-c2ccc(N3CCCC3c3cccc(C4CC4)c3)cc2)cc1Oc1cnc2[nH]ccc2c1. The molecule has 0 spiro atoms. The van der Waals surface area contributed by atoms with Crippen molar-refractivity contribution in [3.63, 3.8) is 0 Å². The summed E-state index contributed by atoms with van der Waals surface area (Å²) in [7, 11) is -4.56. The first-order valence-corrected chi connectivity index (χ1v) is 21.6. The van der Waals surface area contributed by atoms with Crippen LogP contribution in [0.1, 0.15) is 72.0 Å². The quantitative estimate of drug-likeness (QED) is 0.0756. The third kappa shape index (κ3) is 8.36. The largest absolute Gasteiger partial charge is 0.455 e. The first-order chi connectivity index (χ1) is 28.7. The molecule has 3 N–H and O–H groups in total. The van der Waals surface area contributed by atoms with Crippen LogP contribution in [0.3, 0.4) is 0 Å².